The molecule has 44 heavy (non-hydrogen) atoms. The van der Waals surface area contributed by atoms with Crippen LogP contribution in [0.15, 0.2) is 30.3 Å². The Morgan fingerprint density at radius 2 is 1.75 bits per heavy atom. The van der Waals surface area contributed by atoms with Gasteiger partial charge in [-0.1, -0.05) is 17.7 Å². The summed E-state index contributed by atoms with van der Waals surface area (Å²) in [5.41, 5.74) is 2.61. The maximum atomic E-state index is 14.3. The number of piperidine rings is 1. The Labute approximate surface area is 262 Å². The second kappa shape index (κ2) is 13.0. The number of benzene rings is 2. The van der Waals surface area contributed by atoms with Gasteiger partial charge in [0.1, 0.15) is 11.6 Å². The van der Waals surface area contributed by atoms with Gasteiger partial charge in [0, 0.05) is 74.9 Å². The Balaban J connectivity index is 1.05. The predicted molar refractivity (Wildman–Crippen MR) is 164 cm³/mol. The summed E-state index contributed by atoms with van der Waals surface area (Å²) in [4.78, 5) is 46.9. The van der Waals surface area contributed by atoms with Crippen molar-refractivity contribution in [2.75, 3.05) is 64.1 Å². The third-order valence-corrected chi connectivity index (χ3v) is 10.0. The average molecular weight is 627 g/mol. The fourth-order valence-corrected chi connectivity index (χ4v) is 7.35. The van der Waals surface area contributed by atoms with Crippen LogP contribution in [-0.4, -0.2) is 91.6 Å². The lowest BCUT2D eigenvalue weighted by atomic mass is 9.94. The van der Waals surface area contributed by atoms with Crippen LogP contribution in [-0.2, 0) is 20.9 Å². The van der Waals surface area contributed by atoms with Gasteiger partial charge in [0.05, 0.1) is 12.2 Å². The topological polar surface area (TPSA) is 82.6 Å². The minimum atomic E-state index is -0.464. The minimum absolute atomic E-state index is 0.0536. The second-order valence-electron chi connectivity index (χ2n) is 12.6. The van der Waals surface area contributed by atoms with Crippen molar-refractivity contribution < 1.29 is 28.2 Å². The van der Waals surface area contributed by atoms with Crippen molar-refractivity contribution in [1.29, 1.82) is 0 Å². The van der Waals surface area contributed by atoms with Crippen LogP contribution >= 0.6 is 11.6 Å². The number of carbonyl (C=O) groups is 3. The predicted octanol–water partition coefficient (Wildman–Crippen LogP) is 4.34. The number of aryl methyl sites for hydroxylation is 1. The number of fused-ring (bicyclic) bond motifs is 2. The highest BCUT2D eigenvalue weighted by Crippen LogP contribution is 2.36. The summed E-state index contributed by atoms with van der Waals surface area (Å²) in [6.07, 6.45) is 2.13. The van der Waals surface area contributed by atoms with E-state index in [1.165, 1.54) is 12.1 Å². The monoisotopic (exact) mass is 626 g/mol. The number of hydrogen-bond donors (Lipinski definition) is 0. The number of hydrogen-bond acceptors (Lipinski definition) is 6. The highest BCUT2D eigenvalue weighted by atomic mass is 35.5. The average Bonchev–Trinajstić information content (AvgIpc) is 3.59. The standard InChI is InChI=1S/C33H40ClFN4O5/c1-21-4-5-28(14-30(21)34)39(32(41)23-6-10-37(11-7-23)22(2)40)9-3-8-36-15-25-17-38(18-26(25)16-36)33(42)29-13-27(35)12-24-19-43-20-44-31(24)29/h4-5,12-14,23,25-26H,3,6-11,15-20H2,1-2H3. The Kier molecular flexibility index (Phi) is 9.12. The van der Waals surface area contributed by atoms with Crippen LogP contribution in [0.2, 0.25) is 5.02 Å². The summed E-state index contributed by atoms with van der Waals surface area (Å²) in [7, 11) is 0. The van der Waals surface area contributed by atoms with E-state index in [9.17, 15) is 18.8 Å². The number of halogens is 2. The molecule has 4 heterocycles. The number of rotatable bonds is 7. The van der Waals surface area contributed by atoms with Crippen molar-refractivity contribution in [2.24, 2.45) is 17.8 Å². The van der Waals surface area contributed by atoms with E-state index < -0.39 is 5.82 Å². The lowest BCUT2D eigenvalue weighted by Gasteiger charge is -2.34. The molecule has 0 saturated carbocycles. The van der Waals surface area contributed by atoms with Gasteiger partial charge >= 0.3 is 0 Å². The molecular weight excluding hydrogens is 587 g/mol. The van der Waals surface area contributed by atoms with Crippen molar-refractivity contribution in [3.8, 4) is 5.75 Å². The molecule has 0 spiro atoms. The zero-order valence-electron chi connectivity index (χ0n) is 25.4. The number of ether oxygens (including phenoxy) is 2. The van der Waals surface area contributed by atoms with Crippen LogP contribution < -0.4 is 9.64 Å². The van der Waals surface area contributed by atoms with Crippen molar-refractivity contribution in [3.05, 3.63) is 57.9 Å². The molecule has 4 aliphatic rings. The first-order valence-electron chi connectivity index (χ1n) is 15.6. The van der Waals surface area contributed by atoms with Gasteiger partial charge in [-0.15, -0.1) is 0 Å². The summed E-state index contributed by atoms with van der Waals surface area (Å²) >= 11 is 6.46. The zero-order chi connectivity index (χ0) is 31.0. The molecule has 2 aromatic carbocycles. The van der Waals surface area contributed by atoms with E-state index in [0.29, 0.717) is 73.7 Å². The number of likely N-dealkylation sites (tertiary alicyclic amines) is 3. The molecule has 0 bridgehead atoms. The summed E-state index contributed by atoms with van der Waals surface area (Å²) in [5.74, 6) is 0.507. The third kappa shape index (κ3) is 6.43. The van der Waals surface area contributed by atoms with Gasteiger partial charge in [0.15, 0.2) is 6.79 Å². The van der Waals surface area contributed by atoms with E-state index in [0.717, 1.165) is 37.3 Å². The van der Waals surface area contributed by atoms with Crippen LogP contribution in [0.5, 0.6) is 5.75 Å². The van der Waals surface area contributed by atoms with E-state index in [4.69, 9.17) is 21.1 Å². The molecular formula is C33H40ClFN4O5. The quantitative estimate of drug-likeness (QED) is 0.455. The molecule has 2 unspecified atom stereocenters. The van der Waals surface area contributed by atoms with Crippen molar-refractivity contribution >= 4 is 35.0 Å². The van der Waals surface area contributed by atoms with Gasteiger partial charge in [-0.3, -0.25) is 14.4 Å². The molecule has 0 N–H and O–H groups in total. The first-order chi connectivity index (χ1) is 21.2. The number of nitrogens with zero attached hydrogens (tertiary/aromatic N) is 4. The largest absolute Gasteiger partial charge is 0.466 e. The van der Waals surface area contributed by atoms with Crippen LogP contribution in [0, 0.1) is 30.5 Å². The molecule has 0 aliphatic carbocycles. The first kappa shape index (κ1) is 30.8. The Morgan fingerprint density at radius 3 is 2.43 bits per heavy atom. The Morgan fingerprint density at radius 1 is 1.02 bits per heavy atom. The molecule has 9 nitrogen and oxygen atoms in total. The van der Waals surface area contributed by atoms with Crippen molar-refractivity contribution in [3.63, 3.8) is 0 Å². The van der Waals surface area contributed by atoms with E-state index in [1.54, 1.807) is 6.92 Å². The lowest BCUT2D eigenvalue weighted by Crippen LogP contribution is -2.44. The molecule has 3 fully saturated rings. The minimum Gasteiger partial charge on any atom is -0.466 e. The summed E-state index contributed by atoms with van der Waals surface area (Å²) in [6.45, 7) is 9.47. The number of anilines is 1. The van der Waals surface area contributed by atoms with Gasteiger partial charge in [0.25, 0.3) is 5.91 Å². The molecule has 0 aromatic heterocycles. The van der Waals surface area contributed by atoms with Gasteiger partial charge in [-0.25, -0.2) is 4.39 Å². The fourth-order valence-electron chi connectivity index (χ4n) is 7.18. The van der Waals surface area contributed by atoms with Gasteiger partial charge in [-0.05, 0) is 74.4 Å². The lowest BCUT2D eigenvalue weighted by molar-refractivity contribution is -0.133. The molecule has 4 aliphatic heterocycles. The maximum Gasteiger partial charge on any atom is 0.257 e. The molecule has 11 heteroatoms. The molecule has 6 rings (SSSR count). The zero-order valence-corrected chi connectivity index (χ0v) is 26.2. The highest BCUT2D eigenvalue weighted by molar-refractivity contribution is 6.31. The number of amides is 3. The van der Waals surface area contributed by atoms with E-state index in [-0.39, 0.29) is 42.6 Å². The summed E-state index contributed by atoms with van der Waals surface area (Å²) in [6, 6.07) is 8.42. The second-order valence-corrected chi connectivity index (χ2v) is 13.0. The molecule has 3 saturated heterocycles. The van der Waals surface area contributed by atoms with Gasteiger partial charge in [0.2, 0.25) is 11.8 Å². The Bertz CT molecular complexity index is 1420. The van der Waals surface area contributed by atoms with Gasteiger partial charge < -0.3 is 29.1 Å². The maximum absolute atomic E-state index is 14.3. The smallest absolute Gasteiger partial charge is 0.257 e. The van der Waals surface area contributed by atoms with Crippen LogP contribution in [0.1, 0.15) is 47.7 Å². The van der Waals surface area contributed by atoms with Crippen molar-refractivity contribution in [1.82, 2.24) is 14.7 Å². The van der Waals surface area contributed by atoms with E-state index >= 15 is 0 Å². The molecule has 2 aromatic rings. The van der Waals surface area contributed by atoms with Crippen molar-refractivity contribution in [2.45, 2.75) is 39.7 Å². The van der Waals surface area contributed by atoms with Crippen LogP contribution in [0.3, 0.4) is 0 Å². The van der Waals surface area contributed by atoms with E-state index in [2.05, 4.69) is 4.90 Å². The normalized spacial score (nSPS) is 22.0. The number of carbonyl (C=O) groups excluding carboxylic acids is 3. The van der Waals surface area contributed by atoms with Gasteiger partial charge in [-0.2, -0.15) is 0 Å². The summed E-state index contributed by atoms with van der Waals surface area (Å²) in [5, 5.41) is 0.636. The molecule has 0 radical (unpaired) electrons. The van der Waals surface area contributed by atoms with E-state index in [1.807, 2.05) is 39.8 Å². The SMILES string of the molecule is CC(=O)N1CCC(C(=O)N(CCCN2CC3CN(C(=O)c4cc(F)cc5c4OCOC5)CC3C2)c2ccc(C)c(Cl)c2)CC1. The fraction of sp³-hybridized carbons (Fsp3) is 0.545. The summed E-state index contributed by atoms with van der Waals surface area (Å²) < 4.78 is 25.1. The van der Waals surface area contributed by atoms with Crippen LogP contribution in [0.4, 0.5) is 10.1 Å². The molecule has 236 valence electrons. The molecule has 2 atom stereocenters. The Hall–Kier alpha value is -3.21. The molecule has 3 amide bonds. The third-order valence-electron chi connectivity index (χ3n) is 9.63. The first-order valence-corrected chi connectivity index (χ1v) is 15.9. The highest BCUT2D eigenvalue weighted by Gasteiger charge is 2.42. The van der Waals surface area contributed by atoms with Crippen LogP contribution in [0.25, 0.3) is 0 Å².